The van der Waals surface area contributed by atoms with Crippen molar-refractivity contribution in [2.24, 2.45) is 0 Å². The van der Waals surface area contributed by atoms with Gasteiger partial charge in [0.15, 0.2) is 0 Å². The van der Waals surface area contributed by atoms with Gasteiger partial charge in [-0.05, 0) is 73.7 Å². The number of para-hydroxylation sites is 1. The fraction of sp³-hybridized carbons (Fsp3) is 0.235. The zero-order chi connectivity index (χ0) is 28.0. The minimum atomic E-state index is -0.294. The van der Waals surface area contributed by atoms with Crippen molar-refractivity contribution in [1.29, 1.82) is 0 Å². The molecule has 3 aromatic carbocycles. The SMILES string of the molecule is Cc1ccc(NC(=O)N2Cc3c(C)nn(-c4ccccc4)c3-n3cccc3[C@@H]2c2ccc(C(C)C)cc2)c(C)c1. The summed E-state index contributed by atoms with van der Waals surface area (Å²) in [7, 11) is 0. The van der Waals surface area contributed by atoms with Crippen LogP contribution >= 0.6 is 0 Å². The highest BCUT2D eigenvalue weighted by Crippen LogP contribution is 2.39. The summed E-state index contributed by atoms with van der Waals surface area (Å²) in [6.07, 6.45) is 2.08. The second kappa shape index (κ2) is 10.2. The molecule has 6 rings (SSSR count). The Labute approximate surface area is 235 Å². The lowest BCUT2D eigenvalue weighted by Gasteiger charge is -2.31. The Hall–Kier alpha value is -4.58. The number of aryl methyl sites for hydroxylation is 3. The molecule has 40 heavy (non-hydrogen) atoms. The first-order valence-corrected chi connectivity index (χ1v) is 13.9. The number of urea groups is 1. The Morgan fingerprint density at radius 1 is 0.925 bits per heavy atom. The van der Waals surface area contributed by atoms with Crippen molar-refractivity contribution in [3.8, 4) is 11.5 Å². The van der Waals surface area contributed by atoms with E-state index in [1.54, 1.807) is 0 Å². The number of hydrogen-bond acceptors (Lipinski definition) is 2. The van der Waals surface area contributed by atoms with E-state index in [2.05, 4.69) is 91.4 Å². The lowest BCUT2D eigenvalue weighted by atomic mass is 9.97. The topological polar surface area (TPSA) is 55.1 Å². The van der Waals surface area contributed by atoms with Gasteiger partial charge >= 0.3 is 6.03 Å². The van der Waals surface area contributed by atoms with Gasteiger partial charge in [0.2, 0.25) is 0 Å². The van der Waals surface area contributed by atoms with Crippen molar-refractivity contribution in [2.75, 3.05) is 5.32 Å². The quantitative estimate of drug-likeness (QED) is 0.258. The third kappa shape index (κ3) is 4.49. The van der Waals surface area contributed by atoms with Gasteiger partial charge in [0.05, 0.1) is 29.7 Å². The van der Waals surface area contributed by atoms with E-state index in [4.69, 9.17) is 5.10 Å². The highest BCUT2D eigenvalue weighted by Gasteiger charge is 2.36. The summed E-state index contributed by atoms with van der Waals surface area (Å²) in [5, 5.41) is 8.18. The zero-order valence-electron chi connectivity index (χ0n) is 23.7. The van der Waals surface area contributed by atoms with Crippen molar-refractivity contribution in [3.63, 3.8) is 0 Å². The molecule has 3 heterocycles. The zero-order valence-corrected chi connectivity index (χ0v) is 23.7. The van der Waals surface area contributed by atoms with E-state index in [0.29, 0.717) is 12.5 Å². The second-order valence-electron chi connectivity index (χ2n) is 11.0. The number of nitrogens with zero attached hydrogens (tertiary/aromatic N) is 4. The van der Waals surface area contributed by atoms with Crippen molar-refractivity contribution in [2.45, 2.75) is 53.1 Å². The van der Waals surface area contributed by atoms with E-state index in [0.717, 1.165) is 45.3 Å². The maximum atomic E-state index is 14.2. The van der Waals surface area contributed by atoms with Crippen LogP contribution in [0.4, 0.5) is 10.5 Å². The summed E-state index contributed by atoms with van der Waals surface area (Å²) < 4.78 is 4.20. The third-order valence-corrected chi connectivity index (χ3v) is 7.89. The molecule has 0 aliphatic carbocycles. The highest BCUT2D eigenvalue weighted by molar-refractivity contribution is 5.91. The molecule has 2 amide bonds. The molecule has 2 aromatic heterocycles. The van der Waals surface area contributed by atoms with Crippen LogP contribution in [0.15, 0.2) is 91.1 Å². The van der Waals surface area contributed by atoms with E-state index in [9.17, 15) is 4.79 Å². The molecule has 0 spiro atoms. The molecule has 5 aromatic rings. The van der Waals surface area contributed by atoms with Crippen LogP contribution in [-0.4, -0.2) is 25.3 Å². The molecule has 0 bridgehead atoms. The molecule has 0 saturated carbocycles. The van der Waals surface area contributed by atoms with Gasteiger partial charge in [-0.25, -0.2) is 9.48 Å². The van der Waals surface area contributed by atoms with Crippen LogP contribution in [0.2, 0.25) is 0 Å². The molecule has 1 N–H and O–H groups in total. The van der Waals surface area contributed by atoms with Crippen LogP contribution in [0.25, 0.3) is 11.5 Å². The van der Waals surface area contributed by atoms with E-state index in [1.807, 2.05) is 53.8 Å². The van der Waals surface area contributed by atoms with Crippen LogP contribution in [0, 0.1) is 20.8 Å². The number of carbonyl (C=O) groups excluding carboxylic acids is 1. The number of carbonyl (C=O) groups is 1. The van der Waals surface area contributed by atoms with Gasteiger partial charge in [0, 0.05) is 17.4 Å². The molecule has 6 nitrogen and oxygen atoms in total. The number of fused-ring (bicyclic) bond motifs is 3. The number of benzene rings is 3. The molecule has 202 valence electrons. The summed E-state index contributed by atoms with van der Waals surface area (Å²) >= 11 is 0. The minimum absolute atomic E-state index is 0.141. The first-order chi connectivity index (χ1) is 19.3. The van der Waals surface area contributed by atoms with E-state index in [1.165, 1.54) is 11.1 Å². The normalized spacial score (nSPS) is 14.6. The summed E-state index contributed by atoms with van der Waals surface area (Å²) in [6, 6.07) is 28.7. The largest absolute Gasteiger partial charge is 0.322 e. The van der Waals surface area contributed by atoms with E-state index >= 15 is 0 Å². The van der Waals surface area contributed by atoms with Gasteiger partial charge in [0.25, 0.3) is 0 Å². The van der Waals surface area contributed by atoms with Crippen molar-refractivity contribution in [1.82, 2.24) is 19.2 Å². The Kier molecular flexibility index (Phi) is 6.54. The fourth-order valence-electron chi connectivity index (χ4n) is 5.70. The van der Waals surface area contributed by atoms with Gasteiger partial charge in [-0.15, -0.1) is 0 Å². The number of rotatable bonds is 4. The summed E-state index contributed by atoms with van der Waals surface area (Å²) in [5.41, 5.74) is 9.30. The minimum Gasteiger partial charge on any atom is -0.308 e. The molecule has 0 unspecified atom stereocenters. The molecule has 0 fully saturated rings. The average molecular weight is 530 g/mol. The first kappa shape index (κ1) is 25.7. The standard InChI is InChI=1S/C34H35N5O/c1-22(2)26-14-16-27(17-15-26)32-31-12-9-19-37(31)33-29(25(5)36-39(33)28-10-7-6-8-11-28)21-38(32)34(40)35-30-18-13-23(3)20-24(30)4/h6-20,22,32H,21H2,1-5H3,(H,35,40)/t32-/m0/s1. The van der Waals surface area contributed by atoms with E-state index in [-0.39, 0.29) is 12.1 Å². The van der Waals surface area contributed by atoms with Gasteiger partial charge in [-0.2, -0.15) is 5.10 Å². The van der Waals surface area contributed by atoms with Crippen LogP contribution < -0.4 is 5.32 Å². The number of nitrogens with one attached hydrogen (secondary N) is 1. The van der Waals surface area contributed by atoms with Crippen LogP contribution in [0.1, 0.15) is 65.0 Å². The van der Waals surface area contributed by atoms with Crippen LogP contribution in [0.5, 0.6) is 0 Å². The summed E-state index contributed by atoms with van der Waals surface area (Å²) in [6.45, 7) is 10.9. The van der Waals surface area contributed by atoms with Crippen LogP contribution in [0.3, 0.4) is 0 Å². The lowest BCUT2D eigenvalue weighted by Crippen LogP contribution is -2.38. The summed E-state index contributed by atoms with van der Waals surface area (Å²) in [4.78, 5) is 16.2. The van der Waals surface area contributed by atoms with Crippen LogP contribution in [-0.2, 0) is 6.54 Å². The fourth-order valence-corrected chi connectivity index (χ4v) is 5.70. The van der Waals surface area contributed by atoms with Crippen molar-refractivity contribution < 1.29 is 4.79 Å². The second-order valence-corrected chi connectivity index (χ2v) is 11.0. The van der Waals surface area contributed by atoms with E-state index < -0.39 is 0 Å². The lowest BCUT2D eigenvalue weighted by molar-refractivity contribution is 0.194. The Morgan fingerprint density at radius 2 is 1.68 bits per heavy atom. The Balaban J connectivity index is 1.52. The number of anilines is 1. The molecule has 1 aliphatic heterocycles. The van der Waals surface area contributed by atoms with Gasteiger partial charge in [-0.3, -0.25) is 0 Å². The maximum Gasteiger partial charge on any atom is 0.322 e. The molecule has 0 radical (unpaired) electrons. The molecule has 0 saturated heterocycles. The summed E-state index contributed by atoms with van der Waals surface area (Å²) in [5.74, 6) is 1.40. The monoisotopic (exact) mass is 529 g/mol. The molecular formula is C34H35N5O. The number of aromatic nitrogens is 3. The number of amides is 2. The number of hydrogen-bond donors (Lipinski definition) is 1. The van der Waals surface area contributed by atoms with Crippen molar-refractivity contribution >= 4 is 11.7 Å². The molecular weight excluding hydrogens is 494 g/mol. The molecule has 1 aliphatic rings. The molecule has 1 atom stereocenters. The van der Waals surface area contributed by atoms with Gasteiger partial charge < -0.3 is 14.8 Å². The molecule has 6 heteroatoms. The maximum absolute atomic E-state index is 14.2. The Morgan fingerprint density at radius 3 is 2.38 bits per heavy atom. The highest BCUT2D eigenvalue weighted by atomic mass is 16.2. The smallest absolute Gasteiger partial charge is 0.308 e. The Bertz CT molecular complexity index is 1680. The third-order valence-electron chi connectivity index (χ3n) is 7.89. The van der Waals surface area contributed by atoms with Gasteiger partial charge in [0.1, 0.15) is 5.82 Å². The van der Waals surface area contributed by atoms with Crippen molar-refractivity contribution in [3.05, 3.63) is 130 Å². The first-order valence-electron chi connectivity index (χ1n) is 13.9. The predicted molar refractivity (Wildman–Crippen MR) is 160 cm³/mol. The average Bonchev–Trinajstić information content (AvgIpc) is 3.51. The van der Waals surface area contributed by atoms with Gasteiger partial charge in [-0.1, -0.05) is 74.0 Å². The predicted octanol–water partition coefficient (Wildman–Crippen LogP) is 7.85.